The number of nitrogens with one attached hydrogen (secondary N) is 2. The Morgan fingerprint density at radius 1 is 1.06 bits per heavy atom. The highest BCUT2D eigenvalue weighted by Gasteiger charge is 2.40. The molecule has 0 aliphatic carbocycles. The van der Waals surface area contributed by atoms with Gasteiger partial charge < -0.3 is 14.2 Å². The van der Waals surface area contributed by atoms with Crippen LogP contribution < -0.4 is 10.6 Å². The Kier molecular flexibility index (Phi) is 10.6. The van der Waals surface area contributed by atoms with Gasteiger partial charge >= 0.3 is 6.03 Å². The molecule has 4 aliphatic rings. The van der Waals surface area contributed by atoms with Gasteiger partial charge in [-0.25, -0.2) is 14.8 Å². The van der Waals surface area contributed by atoms with Gasteiger partial charge in [0.15, 0.2) is 5.13 Å². The smallest absolute Gasteiger partial charge is 0.323 e. The van der Waals surface area contributed by atoms with E-state index in [2.05, 4.69) is 73.2 Å². The van der Waals surface area contributed by atoms with Crippen LogP contribution in [0.15, 0.2) is 37.6 Å². The number of piperidine rings is 2. The molecule has 16 heteroatoms. The highest BCUT2D eigenvalue weighted by atomic mass is 79.9. The van der Waals surface area contributed by atoms with Gasteiger partial charge in [0.25, 0.3) is 5.91 Å². The summed E-state index contributed by atoms with van der Waals surface area (Å²) in [6, 6.07) is 3.86. The van der Waals surface area contributed by atoms with Crippen LogP contribution in [0.5, 0.6) is 0 Å². The molecule has 1 aromatic carbocycles. The van der Waals surface area contributed by atoms with Crippen LogP contribution in [0.3, 0.4) is 0 Å². The second-order valence-electron chi connectivity index (χ2n) is 14.6. The molecule has 13 nitrogen and oxygen atoms in total. The van der Waals surface area contributed by atoms with Gasteiger partial charge in [0.2, 0.25) is 17.7 Å². The maximum atomic E-state index is 13.2. The number of anilines is 1. The first-order valence-electron chi connectivity index (χ1n) is 17.4. The van der Waals surface area contributed by atoms with Gasteiger partial charge in [0.1, 0.15) is 11.8 Å². The van der Waals surface area contributed by atoms with Gasteiger partial charge in [-0.05, 0) is 65.5 Å². The topological polar surface area (TPSA) is 144 Å². The molecular weight excluding hydrogens is 756 g/mol. The van der Waals surface area contributed by atoms with Gasteiger partial charge in [0.05, 0.1) is 27.9 Å². The number of imide groups is 1. The van der Waals surface area contributed by atoms with Crippen molar-refractivity contribution in [3.05, 3.63) is 57.3 Å². The van der Waals surface area contributed by atoms with Crippen molar-refractivity contribution in [1.29, 1.82) is 0 Å². The number of likely N-dealkylation sites (tertiary alicyclic amines) is 1. The minimum atomic E-state index is -0.622. The second-order valence-corrected chi connectivity index (χ2v) is 17.8. The van der Waals surface area contributed by atoms with Gasteiger partial charge in [-0.15, -0.1) is 11.8 Å². The summed E-state index contributed by atoms with van der Waals surface area (Å²) in [7, 11) is 0. The molecule has 272 valence electrons. The van der Waals surface area contributed by atoms with Crippen molar-refractivity contribution in [2.24, 2.45) is 0 Å². The van der Waals surface area contributed by atoms with Crippen molar-refractivity contribution in [3.8, 4) is 0 Å². The Bertz CT molecular complexity index is 1810. The summed E-state index contributed by atoms with van der Waals surface area (Å²) in [6.45, 7) is 12.4. The molecule has 3 saturated heterocycles. The first-order chi connectivity index (χ1) is 24.4. The van der Waals surface area contributed by atoms with Gasteiger partial charge in [0, 0.05) is 61.6 Å². The van der Waals surface area contributed by atoms with Crippen LogP contribution >= 0.6 is 39.0 Å². The lowest BCUT2D eigenvalue weighted by atomic mass is 9.94. The van der Waals surface area contributed by atoms with Crippen molar-refractivity contribution in [3.63, 3.8) is 0 Å². The Morgan fingerprint density at radius 3 is 2.53 bits per heavy atom. The zero-order valence-electron chi connectivity index (χ0n) is 29.1. The Morgan fingerprint density at radius 2 is 1.82 bits per heavy atom. The number of oxazole rings is 1. The molecule has 2 N–H and O–H groups in total. The zero-order chi connectivity index (χ0) is 35.9. The maximum Gasteiger partial charge on any atom is 0.323 e. The molecular formula is C35H43BrN8O5S2. The number of hydrogen-bond donors (Lipinski definition) is 2. The Hall–Kier alpha value is -3.31. The number of thiazole rings is 1. The molecule has 0 bridgehead atoms. The lowest BCUT2D eigenvalue weighted by molar-refractivity contribution is -0.136. The van der Waals surface area contributed by atoms with E-state index in [9.17, 15) is 19.2 Å². The fourth-order valence-corrected chi connectivity index (χ4v) is 9.65. The number of aromatic nitrogens is 2. The van der Waals surface area contributed by atoms with Crippen molar-refractivity contribution in [1.82, 2.24) is 34.9 Å². The van der Waals surface area contributed by atoms with E-state index in [0.717, 1.165) is 71.1 Å². The number of rotatable bonds is 8. The van der Waals surface area contributed by atoms with E-state index >= 15 is 0 Å². The summed E-state index contributed by atoms with van der Waals surface area (Å²) < 4.78 is 7.63. The van der Waals surface area contributed by atoms with Crippen LogP contribution in [0.2, 0.25) is 0 Å². The summed E-state index contributed by atoms with van der Waals surface area (Å²) in [5.74, 6) is 1.30. The zero-order valence-corrected chi connectivity index (χ0v) is 32.3. The average molecular weight is 800 g/mol. The largest absolute Gasteiger partial charge is 0.444 e. The third-order valence-corrected chi connectivity index (χ3v) is 12.8. The highest BCUT2D eigenvalue weighted by Crippen LogP contribution is 2.35. The predicted octanol–water partition coefficient (Wildman–Crippen LogP) is 5.06. The number of thioether (sulfide) groups is 1. The molecule has 51 heavy (non-hydrogen) atoms. The molecule has 1 unspecified atom stereocenters. The van der Waals surface area contributed by atoms with E-state index in [0.29, 0.717) is 54.4 Å². The molecule has 0 radical (unpaired) electrons. The van der Waals surface area contributed by atoms with E-state index in [1.807, 2.05) is 11.0 Å². The van der Waals surface area contributed by atoms with Gasteiger partial charge in [-0.3, -0.25) is 34.8 Å². The average Bonchev–Trinajstić information content (AvgIpc) is 3.84. The van der Waals surface area contributed by atoms with Gasteiger partial charge in [-0.2, -0.15) is 0 Å². The minimum absolute atomic E-state index is 0.0809. The lowest BCUT2D eigenvalue weighted by Crippen LogP contribution is -2.54. The standard InChI is InChI=1S/C35H43BrN8O5S2/c1-35(2,3)26-16-37-28(49-26)20-50-29-17-38-33(51-29)40-34(48)43-12-10-42(11-13-43)23-6-8-41(9-7-23)18-21-14-22-19-44(32(47)30(22)24(36)15-21)25-4-5-27(45)39-31(25)46/h14-17,23,25H,4-13,18-20H2,1-3H3,(H,38,40,48)(H,39,45,46). The molecule has 1 atom stereocenters. The first kappa shape index (κ1) is 36.1. The van der Waals surface area contributed by atoms with Crippen LogP contribution in [0, 0.1) is 0 Å². The summed E-state index contributed by atoms with van der Waals surface area (Å²) in [5.41, 5.74) is 2.57. The second kappa shape index (κ2) is 15.0. The van der Waals surface area contributed by atoms with Crippen LogP contribution in [0.4, 0.5) is 9.93 Å². The number of hydrogen-bond acceptors (Lipinski definition) is 11. The molecule has 3 fully saturated rings. The number of halogens is 1. The normalized spacial score (nSPS) is 20.9. The van der Waals surface area contributed by atoms with Crippen LogP contribution in [0.25, 0.3) is 0 Å². The summed E-state index contributed by atoms with van der Waals surface area (Å²) >= 11 is 6.68. The van der Waals surface area contributed by atoms with E-state index < -0.39 is 11.9 Å². The first-order valence-corrected chi connectivity index (χ1v) is 20.0. The van der Waals surface area contributed by atoms with E-state index in [-0.39, 0.29) is 29.7 Å². The molecule has 6 heterocycles. The Labute approximate surface area is 314 Å². The minimum Gasteiger partial charge on any atom is -0.444 e. The van der Waals surface area contributed by atoms with Crippen LogP contribution in [-0.2, 0) is 33.8 Å². The summed E-state index contributed by atoms with van der Waals surface area (Å²) in [4.78, 5) is 67.6. The number of nitrogens with zero attached hydrogens (tertiary/aromatic N) is 6. The fraction of sp³-hybridized carbons (Fsp3) is 0.543. The predicted molar refractivity (Wildman–Crippen MR) is 198 cm³/mol. The lowest BCUT2D eigenvalue weighted by Gasteiger charge is -2.42. The molecule has 0 spiro atoms. The number of carbonyl (C=O) groups is 4. The monoisotopic (exact) mass is 798 g/mol. The fourth-order valence-electron chi connectivity index (χ4n) is 7.21. The number of amides is 5. The number of piperazine rings is 1. The van der Waals surface area contributed by atoms with Gasteiger partial charge in [-0.1, -0.05) is 38.2 Å². The van der Waals surface area contributed by atoms with Crippen molar-refractivity contribution in [2.75, 3.05) is 44.6 Å². The molecule has 7 rings (SSSR count). The number of fused-ring (bicyclic) bond motifs is 1. The SMILES string of the molecule is CC(C)(C)c1cnc(CSc2cnc(NC(=O)N3CCN(C4CCN(Cc5cc(Br)c6c(c5)CN(C5CCC(=O)NC5=O)C6=O)CC4)CC3)s2)o1. The molecule has 2 aromatic heterocycles. The van der Waals surface area contributed by atoms with E-state index in [4.69, 9.17) is 4.42 Å². The van der Waals surface area contributed by atoms with Crippen molar-refractivity contribution < 1.29 is 23.6 Å². The Balaban J connectivity index is 0.840. The summed E-state index contributed by atoms with van der Waals surface area (Å²) in [5, 5.41) is 5.94. The number of benzene rings is 1. The van der Waals surface area contributed by atoms with Crippen molar-refractivity contribution in [2.45, 2.75) is 87.0 Å². The molecule has 4 aliphatic heterocycles. The number of urea groups is 1. The van der Waals surface area contributed by atoms with Crippen molar-refractivity contribution >= 4 is 67.9 Å². The molecule has 3 aromatic rings. The third-order valence-electron chi connectivity index (χ3n) is 10.0. The quantitative estimate of drug-likeness (QED) is 0.235. The molecule has 0 saturated carbocycles. The number of carbonyl (C=O) groups excluding carboxylic acids is 4. The van der Waals surface area contributed by atoms with Crippen LogP contribution in [0.1, 0.15) is 79.6 Å². The molecule has 5 amide bonds. The highest BCUT2D eigenvalue weighted by molar-refractivity contribution is 9.10. The van der Waals surface area contributed by atoms with E-state index in [1.54, 1.807) is 29.1 Å². The van der Waals surface area contributed by atoms with E-state index in [1.165, 1.54) is 11.3 Å². The summed E-state index contributed by atoms with van der Waals surface area (Å²) in [6.07, 6.45) is 6.29. The third kappa shape index (κ3) is 8.19. The van der Waals surface area contributed by atoms with Crippen LogP contribution in [-0.4, -0.2) is 105 Å². The maximum absolute atomic E-state index is 13.2.